The quantitative estimate of drug-likeness (QED) is 0.607. The van der Waals surface area contributed by atoms with Crippen LogP contribution in [-0.4, -0.2) is 42.7 Å². The van der Waals surface area contributed by atoms with Crippen LogP contribution in [0, 0.1) is 0 Å². The molecule has 170 valence electrons. The van der Waals surface area contributed by atoms with Gasteiger partial charge in [-0.2, -0.15) is 0 Å². The van der Waals surface area contributed by atoms with Crippen LogP contribution >= 0.6 is 0 Å². The second kappa shape index (κ2) is 10.3. The number of carbonyl (C=O) groups is 1. The van der Waals surface area contributed by atoms with Crippen molar-refractivity contribution in [3.05, 3.63) is 76.8 Å². The highest BCUT2D eigenvalue weighted by Gasteiger charge is 2.52. The first-order chi connectivity index (χ1) is 15.2. The maximum atomic E-state index is 12.3. The third-order valence-corrected chi connectivity index (χ3v) is 5.94. The Hall–Kier alpha value is -2.61. The maximum absolute atomic E-state index is 12.3. The Kier molecular flexibility index (Phi) is 7.77. The molecule has 0 unspecified atom stereocenters. The van der Waals surface area contributed by atoms with Crippen molar-refractivity contribution in [2.45, 2.75) is 51.9 Å². The van der Waals surface area contributed by atoms with E-state index in [0.29, 0.717) is 6.42 Å². The summed E-state index contributed by atoms with van der Waals surface area (Å²) in [5, 5.41) is 11.9. The summed E-state index contributed by atoms with van der Waals surface area (Å²) in [7, 11) is -0.591. The molecular formula is C25H32BNO5. The van der Waals surface area contributed by atoms with E-state index in [9.17, 15) is 4.79 Å². The van der Waals surface area contributed by atoms with Gasteiger partial charge in [-0.3, -0.25) is 0 Å². The number of hydrogen-bond acceptors (Lipinski definition) is 5. The van der Waals surface area contributed by atoms with Gasteiger partial charge < -0.3 is 24.5 Å². The van der Waals surface area contributed by atoms with Crippen molar-refractivity contribution < 1.29 is 23.9 Å². The molecule has 0 spiro atoms. The lowest BCUT2D eigenvalue weighted by molar-refractivity contribution is 0.00578. The first-order valence-corrected chi connectivity index (χ1v) is 10.9. The van der Waals surface area contributed by atoms with E-state index in [-0.39, 0.29) is 19.8 Å². The molecule has 1 heterocycles. The molecule has 32 heavy (non-hydrogen) atoms. The number of alkyl carbamates (subject to hydrolysis) is 1. The van der Waals surface area contributed by atoms with E-state index in [4.69, 9.17) is 19.2 Å². The molecule has 1 aliphatic rings. The summed E-state index contributed by atoms with van der Waals surface area (Å²) in [6.07, 6.45) is 2.07. The summed E-state index contributed by atoms with van der Waals surface area (Å²) in [4.78, 5) is 12.3. The average Bonchev–Trinajstić information content (AvgIpc) is 2.98. The van der Waals surface area contributed by atoms with E-state index in [1.54, 1.807) is 0 Å². The van der Waals surface area contributed by atoms with Crippen LogP contribution in [0.1, 0.15) is 44.4 Å². The Morgan fingerprint density at radius 3 is 2.22 bits per heavy atom. The van der Waals surface area contributed by atoms with E-state index in [0.717, 1.165) is 22.2 Å². The highest BCUT2D eigenvalue weighted by molar-refractivity contribution is 6.56. The summed E-state index contributed by atoms with van der Waals surface area (Å²) in [5.41, 5.74) is 2.74. The summed E-state index contributed by atoms with van der Waals surface area (Å²) >= 11 is 0. The lowest BCUT2D eigenvalue weighted by Crippen LogP contribution is -2.41. The zero-order valence-electron chi connectivity index (χ0n) is 19.3. The predicted molar refractivity (Wildman–Crippen MR) is 126 cm³/mol. The highest BCUT2D eigenvalue weighted by Crippen LogP contribution is 2.38. The van der Waals surface area contributed by atoms with Crippen molar-refractivity contribution in [1.29, 1.82) is 0 Å². The van der Waals surface area contributed by atoms with E-state index >= 15 is 0 Å². The lowest BCUT2D eigenvalue weighted by atomic mass is 9.77. The Labute approximate surface area is 190 Å². The van der Waals surface area contributed by atoms with E-state index in [1.165, 1.54) is 0 Å². The van der Waals surface area contributed by atoms with Crippen LogP contribution in [0.15, 0.2) is 60.1 Å². The van der Waals surface area contributed by atoms with Gasteiger partial charge in [-0.15, -0.1) is 0 Å². The van der Waals surface area contributed by atoms with Crippen molar-refractivity contribution in [2.75, 3.05) is 13.2 Å². The zero-order chi connectivity index (χ0) is 23.2. The van der Waals surface area contributed by atoms with Crippen LogP contribution in [-0.2, 0) is 27.1 Å². The molecule has 2 aromatic rings. The number of ether oxygens (including phenoxy) is 1. The number of nitrogens with one attached hydrogen (secondary N) is 1. The van der Waals surface area contributed by atoms with E-state index in [1.807, 2.05) is 88.4 Å². The van der Waals surface area contributed by atoms with Gasteiger partial charge in [-0.1, -0.05) is 60.7 Å². The molecule has 1 amide bonds. The number of aliphatic hydroxyl groups is 1. The van der Waals surface area contributed by atoms with Gasteiger partial charge in [0.1, 0.15) is 6.61 Å². The number of rotatable bonds is 8. The second-order valence-corrected chi connectivity index (χ2v) is 8.94. The molecule has 0 aliphatic carbocycles. The standard InChI is InChI=1S/C25H32BNO5/c1-24(2)25(3,4)32-26(31-24)22(16-20-12-10-19(11-13-20)14-15-28)17-27-23(29)30-18-21-8-6-5-7-9-21/h5-13,16,28H,14-15,17-18H2,1-4H3,(H,27,29). The minimum absolute atomic E-state index is 0.114. The van der Waals surface area contributed by atoms with Crippen LogP contribution in [0.25, 0.3) is 6.08 Å². The van der Waals surface area contributed by atoms with Crippen LogP contribution in [0.5, 0.6) is 0 Å². The Bertz CT molecular complexity index is 909. The van der Waals surface area contributed by atoms with Crippen molar-refractivity contribution in [2.24, 2.45) is 0 Å². The van der Waals surface area contributed by atoms with Gasteiger partial charge in [0.2, 0.25) is 0 Å². The largest absolute Gasteiger partial charge is 0.492 e. The van der Waals surface area contributed by atoms with Crippen molar-refractivity contribution in [3.63, 3.8) is 0 Å². The summed E-state index contributed by atoms with van der Waals surface area (Å²) in [6.45, 7) is 8.53. The van der Waals surface area contributed by atoms with Gasteiger partial charge in [-0.05, 0) is 56.3 Å². The molecule has 7 heteroatoms. The SMILES string of the molecule is CC1(C)OB(C(=Cc2ccc(CCO)cc2)CNC(=O)OCc2ccccc2)OC1(C)C. The van der Waals surface area contributed by atoms with Gasteiger partial charge in [0.15, 0.2) is 0 Å². The monoisotopic (exact) mass is 437 g/mol. The minimum Gasteiger partial charge on any atom is -0.445 e. The van der Waals surface area contributed by atoms with E-state index in [2.05, 4.69) is 5.32 Å². The molecule has 0 aromatic heterocycles. The third kappa shape index (κ3) is 6.22. The minimum atomic E-state index is -0.591. The highest BCUT2D eigenvalue weighted by atomic mass is 16.7. The van der Waals surface area contributed by atoms with Crippen molar-refractivity contribution in [1.82, 2.24) is 5.32 Å². The van der Waals surface area contributed by atoms with Crippen LogP contribution in [0.2, 0.25) is 0 Å². The molecule has 1 fully saturated rings. The third-order valence-electron chi connectivity index (χ3n) is 5.94. The number of aliphatic hydroxyl groups excluding tert-OH is 1. The van der Waals surface area contributed by atoms with Crippen molar-refractivity contribution >= 4 is 19.3 Å². The molecule has 1 saturated heterocycles. The number of hydrogen-bond donors (Lipinski definition) is 2. The zero-order valence-corrected chi connectivity index (χ0v) is 19.3. The molecule has 0 bridgehead atoms. The molecule has 1 aliphatic heterocycles. The van der Waals surface area contributed by atoms with Crippen molar-refractivity contribution in [3.8, 4) is 0 Å². The molecule has 2 aromatic carbocycles. The molecule has 3 rings (SSSR count). The van der Waals surface area contributed by atoms with Gasteiger partial charge in [0.25, 0.3) is 0 Å². The molecular weight excluding hydrogens is 405 g/mol. The molecule has 0 saturated carbocycles. The van der Waals surface area contributed by atoms with Crippen LogP contribution in [0.4, 0.5) is 4.79 Å². The molecule has 0 atom stereocenters. The maximum Gasteiger partial charge on any atom is 0.492 e. The van der Waals surface area contributed by atoms with Crippen LogP contribution < -0.4 is 5.32 Å². The second-order valence-electron chi connectivity index (χ2n) is 8.94. The number of carbonyl (C=O) groups excluding carboxylic acids is 1. The van der Waals surface area contributed by atoms with Gasteiger partial charge in [0.05, 0.1) is 11.2 Å². The number of benzene rings is 2. The fourth-order valence-electron chi connectivity index (χ4n) is 3.27. The first kappa shape index (κ1) is 24.0. The Morgan fingerprint density at radius 1 is 1.00 bits per heavy atom. The normalized spacial score (nSPS) is 17.3. The van der Waals surface area contributed by atoms with Gasteiger partial charge >= 0.3 is 13.2 Å². The molecule has 0 radical (unpaired) electrons. The van der Waals surface area contributed by atoms with Gasteiger partial charge in [-0.25, -0.2) is 4.79 Å². The fraction of sp³-hybridized carbons (Fsp3) is 0.400. The first-order valence-electron chi connectivity index (χ1n) is 10.9. The summed E-state index contributed by atoms with van der Waals surface area (Å²) in [5.74, 6) is 0. The average molecular weight is 437 g/mol. The predicted octanol–water partition coefficient (Wildman–Crippen LogP) is 4.16. The summed E-state index contributed by atoms with van der Waals surface area (Å²) < 4.78 is 17.7. The Morgan fingerprint density at radius 2 is 1.62 bits per heavy atom. The summed E-state index contributed by atoms with van der Waals surface area (Å²) in [6, 6.07) is 17.4. The number of amides is 1. The van der Waals surface area contributed by atoms with Crippen LogP contribution in [0.3, 0.4) is 0 Å². The lowest BCUT2D eigenvalue weighted by Gasteiger charge is -2.32. The molecule has 6 nitrogen and oxygen atoms in total. The Balaban J connectivity index is 1.71. The van der Waals surface area contributed by atoms with E-state index < -0.39 is 24.4 Å². The van der Waals surface area contributed by atoms with Gasteiger partial charge in [0, 0.05) is 13.2 Å². The smallest absolute Gasteiger partial charge is 0.445 e. The topological polar surface area (TPSA) is 77.0 Å². The molecule has 2 N–H and O–H groups in total. The fourth-order valence-corrected chi connectivity index (χ4v) is 3.27.